The normalized spacial score (nSPS) is 10.8. The number of benzene rings is 1. The molecule has 0 atom stereocenters. The molecule has 0 saturated heterocycles. The highest BCUT2D eigenvalue weighted by atomic mass is 32.2. The number of hydrogen-bond acceptors (Lipinski definition) is 3. The van der Waals surface area contributed by atoms with E-state index in [1.165, 1.54) is 17.3 Å². The van der Waals surface area contributed by atoms with Gasteiger partial charge in [0, 0.05) is 5.39 Å². The smallest absolute Gasteiger partial charge is 0.313 e. The minimum atomic E-state index is -0.817. The Balaban J connectivity index is 2.54. The van der Waals surface area contributed by atoms with Crippen LogP contribution in [-0.2, 0) is 4.79 Å². The number of thioether (sulfide) groups is 1. The molecule has 2 rings (SSSR count). The molecule has 4 heteroatoms. The summed E-state index contributed by atoms with van der Waals surface area (Å²) in [6.45, 7) is 6.06. The van der Waals surface area contributed by atoms with Crippen molar-refractivity contribution in [1.82, 2.24) is 4.98 Å². The Bertz CT molecular complexity index is 623. The van der Waals surface area contributed by atoms with Crippen LogP contribution in [0.4, 0.5) is 0 Å². The van der Waals surface area contributed by atoms with Crippen molar-refractivity contribution in [3.8, 4) is 0 Å². The highest BCUT2D eigenvalue weighted by Crippen LogP contribution is 2.27. The third-order valence-corrected chi connectivity index (χ3v) is 3.96. The van der Waals surface area contributed by atoms with E-state index in [2.05, 4.69) is 24.0 Å². The third kappa shape index (κ3) is 2.48. The number of rotatable bonds is 3. The van der Waals surface area contributed by atoms with Gasteiger partial charge in [-0.25, -0.2) is 4.98 Å². The van der Waals surface area contributed by atoms with Crippen molar-refractivity contribution in [3.05, 3.63) is 34.9 Å². The lowest BCUT2D eigenvalue weighted by Gasteiger charge is -2.09. The first-order valence-corrected chi connectivity index (χ1v) is 6.69. The molecule has 0 spiro atoms. The van der Waals surface area contributed by atoms with E-state index < -0.39 is 5.97 Å². The summed E-state index contributed by atoms with van der Waals surface area (Å²) in [7, 11) is 0. The molecule has 2 aromatic rings. The van der Waals surface area contributed by atoms with Crippen LogP contribution < -0.4 is 0 Å². The first-order chi connectivity index (χ1) is 8.49. The topological polar surface area (TPSA) is 50.2 Å². The van der Waals surface area contributed by atoms with E-state index in [1.807, 2.05) is 19.9 Å². The van der Waals surface area contributed by atoms with Gasteiger partial charge in [0.1, 0.15) is 5.03 Å². The zero-order valence-electron chi connectivity index (χ0n) is 10.7. The van der Waals surface area contributed by atoms with Gasteiger partial charge in [0.15, 0.2) is 0 Å². The van der Waals surface area contributed by atoms with Crippen molar-refractivity contribution in [2.45, 2.75) is 25.8 Å². The van der Waals surface area contributed by atoms with Crippen molar-refractivity contribution in [2.24, 2.45) is 0 Å². The van der Waals surface area contributed by atoms with Crippen LogP contribution in [0, 0.1) is 20.8 Å². The number of aromatic nitrogens is 1. The zero-order valence-corrected chi connectivity index (χ0v) is 11.5. The monoisotopic (exact) mass is 261 g/mol. The molecule has 0 radical (unpaired) electrons. The molecule has 0 saturated carbocycles. The molecule has 1 heterocycles. The predicted octanol–water partition coefficient (Wildman–Crippen LogP) is 3.34. The second-order valence-electron chi connectivity index (χ2n) is 4.39. The lowest BCUT2D eigenvalue weighted by Crippen LogP contribution is -2.00. The number of pyridine rings is 1. The Hall–Kier alpha value is -1.55. The van der Waals surface area contributed by atoms with Crippen LogP contribution in [0.5, 0.6) is 0 Å². The Morgan fingerprint density at radius 3 is 2.56 bits per heavy atom. The molecule has 0 aliphatic carbocycles. The van der Waals surface area contributed by atoms with E-state index in [-0.39, 0.29) is 5.75 Å². The van der Waals surface area contributed by atoms with Crippen molar-refractivity contribution in [1.29, 1.82) is 0 Å². The van der Waals surface area contributed by atoms with E-state index in [4.69, 9.17) is 5.11 Å². The molecule has 0 aliphatic rings. The summed E-state index contributed by atoms with van der Waals surface area (Å²) < 4.78 is 0. The quantitative estimate of drug-likeness (QED) is 0.861. The summed E-state index contributed by atoms with van der Waals surface area (Å²) in [6, 6.07) is 6.23. The van der Waals surface area contributed by atoms with Crippen LogP contribution in [0.1, 0.15) is 16.7 Å². The number of carbonyl (C=O) groups is 1. The van der Waals surface area contributed by atoms with Crippen LogP contribution in [0.2, 0.25) is 0 Å². The summed E-state index contributed by atoms with van der Waals surface area (Å²) in [6.07, 6.45) is 0. The number of carboxylic acid groups (broad SMARTS) is 1. The van der Waals surface area contributed by atoms with Crippen LogP contribution in [0.3, 0.4) is 0 Å². The molecular formula is C14H15NO2S. The largest absolute Gasteiger partial charge is 0.481 e. The first kappa shape index (κ1) is 12.9. The zero-order chi connectivity index (χ0) is 13.3. The highest BCUT2D eigenvalue weighted by molar-refractivity contribution is 7.99. The van der Waals surface area contributed by atoms with E-state index in [1.54, 1.807) is 0 Å². The second-order valence-corrected chi connectivity index (χ2v) is 5.35. The summed E-state index contributed by atoms with van der Waals surface area (Å²) in [5.41, 5.74) is 4.31. The van der Waals surface area contributed by atoms with Gasteiger partial charge in [-0.3, -0.25) is 4.79 Å². The molecule has 3 nitrogen and oxygen atoms in total. The fourth-order valence-corrected chi connectivity index (χ4v) is 2.60. The van der Waals surface area contributed by atoms with Crippen molar-refractivity contribution < 1.29 is 9.90 Å². The Labute approximate surface area is 110 Å². The number of aliphatic carboxylic acids is 1. The van der Waals surface area contributed by atoms with E-state index in [0.29, 0.717) is 0 Å². The van der Waals surface area contributed by atoms with Gasteiger partial charge in [-0.05, 0) is 43.5 Å². The molecule has 1 aromatic carbocycles. The molecule has 0 fully saturated rings. The van der Waals surface area contributed by atoms with Gasteiger partial charge < -0.3 is 5.11 Å². The maximum Gasteiger partial charge on any atom is 0.313 e. The molecule has 0 bridgehead atoms. The van der Waals surface area contributed by atoms with Gasteiger partial charge in [0.2, 0.25) is 0 Å². The average molecular weight is 261 g/mol. The molecule has 18 heavy (non-hydrogen) atoms. The minimum Gasteiger partial charge on any atom is -0.481 e. The van der Waals surface area contributed by atoms with Gasteiger partial charge in [-0.2, -0.15) is 0 Å². The SMILES string of the molecule is Cc1cc2c(C)ccc(C)c2nc1SCC(=O)O. The van der Waals surface area contributed by atoms with Crippen molar-refractivity contribution in [3.63, 3.8) is 0 Å². The van der Waals surface area contributed by atoms with Gasteiger partial charge in [-0.1, -0.05) is 23.9 Å². The predicted molar refractivity (Wildman–Crippen MR) is 74.3 cm³/mol. The number of fused-ring (bicyclic) bond motifs is 1. The molecule has 1 aromatic heterocycles. The molecule has 1 N–H and O–H groups in total. The van der Waals surface area contributed by atoms with E-state index in [0.717, 1.165) is 27.1 Å². The van der Waals surface area contributed by atoms with Crippen LogP contribution in [-0.4, -0.2) is 21.8 Å². The Morgan fingerprint density at radius 2 is 1.89 bits per heavy atom. The number of hydrogen-bond donors (Lipinski definition) is 1. The number of nitrogens with zero attached hydrogens (tertiary/aromatic N) is 1. The van der Waals surface area contributed by atoms with Gasteiger partial charge >= 0.3 is 5.97 Å². The second kappa shape index (κ2) is 4.98. The summed E-state index contributed by atoms with van der Waals surface area (Å²) in [5.74, 6) is -0.772. The molecule has 0 amide bonds. The van der Waals surface area contributed by atoms with E-state index in [9.17, 15) is 4.79 Å². The summed E-state index contributed by atoms with van der Waals surface area (Å²) in [4.78, 5) is 15.2. The number of aryl methyl sites for hydroxylation is 3. The van der Waals surface area contributed by atoms with Crippen LogP contribution in [0.15, 0.2) is 23.2 Å². The molecular weight excluding hydrogens is 246 g/mol. The Kier molecular flexibility index (Phi) is 3.57. The fraction of sp³-hybridized carbons (Fsp3) is 0.286. The first-order valence-electron chi connectivity index (χ1n) is 5.71. The van der Waals surface area contributed by atoms with Gasteiger partial charge in [0.05, 0.1) is 11.3 Å². The van der Waals surface area contributed by atoms with Gasteiger partial charge in [-0.15, -0.1) is 0 Å². The average Bonchev–Trinajstić information content (AvgIpc) is 2.32. The standard InChI is InChI=1S/C14H15NO2S/c1-8-4-5-9(2)13-11(8)6-10(3)14(15-13)18-7-12(16)17/h4-6H,7H2,1-3H3,(H,16,17). The molecule has 94 valence electrons. The van der Waals surface area contributed by atoms with E-state index >= 15 is 0 Å². The summed E-state index contributed by atoms with van der Waals surface area (Å²) >= 11 is 1.27. The fourth-order valence-electron chi connectivity index (χ4n) is 1.89. The third-order valence-electron chi connectivity index (χ3n) is 2.88. The van der Waals surface area contributed by atoms with Crippen molar-refractivity contribution in [2.75, 3.05) is 5.75 Å². The van der Waals surface area contributed by atoms with Crippen LogP contribution >= 0.6 is 11.8 Å². The minimum absolute atomic E-state index is 0.0458. The summed E-state index contributed by atoms with van der Waals surface area (Å²) in [5, 5.41) is 10.7. The van der Waals surface area contributed by atoms with Crippen molar-refractivity contribution >= 4 is 28.6 Å². The lowest BCUT2D eigenvalue weighted by atomic mass is 10.0. The maximum atomic E-state index is 10.6. The number of carboxylic acids is 1. The maximum absolute atomic E-state index is 10.6. The molecule has 0 unspecified atom stereocenters. The van der Waals surface area contributed by atoms with Gasteiger partial charge in [0.25, 0.3) is 0 Å². The Morgan fingerprint density at radius 1 is 1.22 bits per heavy atom. The lowest BCUT2D eigenvalue weighted by molar-refractivity contribution is -0.133. The van der Waals surface area contributed by atoms with Crippen LogP contribution in [0.25, 0.3) is 10.9 Å². The molecule has 0 aliphatic heterocycles. The highest BCUT2D eigenvalue weighted by Gasteiger charge is 2.09.